The van der Waals surface area contributed by atoms with Crippen molar-refractivity contribution >= 4 is 17.5 Å². The molecule has 1 saturated heterocycles. The SMILES string of the molecule is O=C(COc1cccc(C(F)(F)F)c1)N1CCC(Oc2ccncc2Cl)CC1. The van der Waals surface area contributed by atoms with Crippen LogP contribution in [0.1, 0.15) is 18.4 Å². The lowest BCUT2D eigenvalue weighted by Crippen LogP contribution is -2.43. The molecule has 2 aromatic rings. The number of likely N-dealkylation sites (tertiary alicyclic amines) is 1. The first-order valence-electron chi connectivity index (χ1n) is 8.67. The third kappa shape index (κ3) is 5.28. The quantitative estimate of drug-likeness (QED) is 0.735. The summed E-state index contributed by atoms with van der Waals surface area (Å²) in [7, 11) is 0. The molecule has 0 N–H and O–H groups in total. The zero-order valence-corrected chi connectivity index (χ0v) is 15.5. The third-order valence-corrected chi connectivity index (χ3v) is 4.63. The zero-order valence-electron chi connectivity index (χ0n) is 14.8. The van der Waals surface area contributed by atoms with Crippen molar-refractivity contribution in [3.05, 3.63) is 53.3 Å². The first kappa shape index (κ1) is 20.3. The fourth-order valence-electron chi connectivity index (χ4n) is 2.86. The molecule has 0 spiro atoms. The summed E-state index contributed by atoms with van der Waals surface area (Å²) in [6.45, 7) is 0.624. The smallest absolute Gasteiger partial charge is 0.416 e. The molecule has 150 valence electrons. The Labute approximate surface area is 165 Å². The van der Waals surface area contributed by atoms with Crippen LogP contribution in [0.5, 0.6) is 11.5 Å². The second kappa shape index (κ2) is 8.68. The highest BCUT2D eigenvalue weighted by Crippen LogP contribution is 2.31. The molecule has 1 aromatic carbocycles. The first-order valence-corrected chi connectivity index (χ1v) is 9.05. The van der Waals surface area contributed by atoms with Crippen molar-refractivity contribution in [3.63, 3.8) is 0 Å². The minimum Gasteiger partial charge on any atom is -0.489 e. The summed E-state index contributed by atoms with van der Waals surface area (Å²) in [6.07, 6.45) is -0.204. The van der Waals surface area contributed by atoms with Gasteiger partial charge in [0, 0.05) is 44.4 Å². The molecule has 0 bridgehead atoms. The number of hydrogen-bond donors (Lipinski definition) is 0. The van der Waals surface area contributed by atoms with E-state index in [-0.39, 0.29) is 24.4 Å². The van der Waals surface area contributed by atoms with Gasteiger partial charge in [-0.3, -0.25) is 9.78 Å². The predicted molar refractivity (Wildman–Crippen MR) is 96.4 cm³/mol. The van der Waals surface area contributed by atoms with Gasteiger partial charge in [0.25, 0.3) is 5.91 Å². The van der Waals surface area contributed by atoms with Crippen LogP contribution in [-0.4, -0.2) is 41.6 Å². The van der Waals surface area contributed by atoms with E-state index in [4.69, 9.17) is 21.1 Å². The predicted octanol–water partition coefficient (Wildman–Crippen LogP) is 4.20. The molecule has 1 aromatic heterocycles. The van der Waals surface area contributed by atoms with E-state index in [2.05, 4.69) is 4.98 Å². The minimum atomic E-state index is -4.46. The minimum absolute atomic E-state index is 0.00808. The van der Waals surface area contributed by atoms with Crippen LogP contribution in [0.25, 0.3) is 0 Å². The van der Waals surface area contributed by atoms with Gasteiger partial charge < -0.3 is 14.4 Å². The highest BCUT2D eigenvalue weighted by atomic mass is 35.5. The van der Waals surface area contributed by atoms with E-state index in [0.717, 1.165) is 12.1 Å². The molecular weight excluding hydrogens is 397 g/mol. The van der Waals surface area contributed by atoms with Crippen LogP contribution >= 0.6 is 11.6 Å². The molecule has 1 aliphatic rings. The number of hydrogen-bond acceptors (Lipinski definition) is 4. The van der Waals surface area contributed by atoms with Gasteiger partial charge >= 0.3 is 6.18 Å². The van der Waals surface area contributed by atoms with E-state index in [9.17, 15) is 18.0 Å². The van der Waals surface area contributed by atoms with Gasteiger partial charge in [-0.25, -0.2) is 0 Å². The molecule has 5 nitrogen and oxygen atoms in total. The van der Waals surface area contributed by atoms with Gasteiger partial charge in [0.2, 0.25) is 0 Å². The zero-order chi connectivity index (χ0) is 20.1. The van der Waals surface area contributed by atoms with Crippen molar-refractivity contribution in [2.45, 2.75) is 25.1 Å². The summed E-state index contributed by atoms with van der Waals surface area (Å²) < 4.78 is 49.3. The molecule has 0 atom stereocenters. The molecule has 28 heavy (non-hydrogen) atoms. The summed E-state index contributed by atoms with van der Waals surface area (Å²) >= 11 is 6.02. The lowest BCUT2D eigenvalue weighted by Gasteiger charge is -2.32. The number of carbonyl (C=O) groups excluding carboxylic acids is 1. The topological polar surface area (TPSA) is 51.7 Å². The van der Waals surface area contributed by atoms with Crippen LogP contribution in [0, 0.1) is 0 Å². The lowest BCUT2D eigenvalue weighted by molar-refractivity contribution is -0.137. The molecular formula is C19H18ClF3N2O3. The number of piperidine rings is 1. The van der Waals surface area contributed by atoms with Gasteiger partial charge in [0.05, 0.1) is 5.56 Å². The normalized spacial score (nSPS) is 15.4. The maximum Gasteiger partial charge on any atom is 0.416 e. The van der Waals surface area contributed by atoms with Gasteiger partial charge in [-0.1, -0.05) is 17.7 Å². The Morgan fingerprint density at radius 3 is 2.68 bits per heavy atom. The fourth-order valence-corrected chi connectivity index (χ4v) is 3.02. The van der Waals surface area contributed by atoms with Gasteiger partial charge in [0.15, 0.2) is 6.61 Å². The molecule has 1 amide bonds. The summed E-state index contributed by atoms with van der Waals surface area (Å²) in [5.41, 5.74) is -0.815. The van der Waals surface area contributed by atoms with Gasteiger partial charge in [0.1, 0.15) is 22.6 Å². The van der Waals surface area contributed by atoms with Crippen molar-refractivity contribution in [2.75, 3.05) is 19.7 Å². The van der Waals surface area contributed by atoms with Gasteiger partial charge in [-0.15, -0.1) is 0 Å². The number of halogens is 4. The average molecular weight is 415 g/mol. The van der Waals surface area contributed by atoms with Crippen LogP contribution < -0.4 is 9.47 Å². The van der Waals surface area contributed by atoms with E-state index in [1.165, 1.54) is 18.3 Å². The number of aromatic nitrogens is 1. The van der Waals surface area contributed by atoms with Gasteiger partial charge in [-0.05, 0) is 18.2 Å². The van der Waals surface area contributed by atoms with E-state index in [0.29, 0.717) is 36.7 Å². The van der Waals surface area contributed by atoms with Crippen LogP contribution in [0.15, 0.2) is 42.7 Å². The Morgan fingerprint density at radius 2 is 2.00 bits per heavy atom. The molecule has 0 radical (unpaired) electrons. The van der Waals surface area contributed by atoms with E-state index in [1.54, 1.807) is 17.2 Å². The largest absolute Gasteiger partial charge is 0.489 e. The maximum absolute atomic E-state index is 12.7. The number of nitrogens with zero attached hydrogens (tertiary/aromatic N) is 2. The molecule has 3 rings (SSSR count). The molecule has 0 saturated carbocycles. The number of rotatable bonds is 5. The monoisotopic (exact) mass is 414 g/mol. The van der Waals surface area contributed by atoms with Crippen LogP contribution in [0.4, 0.5) is 13.2 Å². The molecule has 1 fully saturated rings. The lowest BCUT2D eigenvalue weighted by atomic mass is 10.1. The summed E-state index contributed by atoms with van der Waals surface area (Å²) in [6, 6.07) is 6.15. The Hall–Kier alpha value is -2.48. The van der Waals surface area contributed by atoms with E-state index >= 15 is 0 Å². The standard InChI is InChI=1S/C19H18ClF3N2O3/c20-16-11-24-7-4-17(16)28-14-5-8-25(9-6-14)18(26)12-27-15-3-1-2-13(10-15)19(21,22)23/h1-4,7,10-11,14H,5-6,8-9,12H2. The molecule has 1 aliphatic heterocycles. The maximum atomic E-state index is 12.7. The highest BCUT2D eigenvalue weighted by Gasteiger charge is 2.31. The number of benzene rings is 1. The molecule has 0 unspecified atom stereocenters. The van der Waals surface area contributed by atoms with Crippen molar-refractivity contribution in [1.29, 1.82) is 0 Å². The van der Waals surface area contributed by atoms with Crippen LogP contribution in [-0.2, 0) is 11.0 Å². The summed E-state index contributed by atoms with van der Waals surface area (Å²) in [4.78, 5) is 17.8. The number of alkyl halides is 3. The number of pyridine rings is 1. The number of ether oxygens (including phenoxy) is 2. The molecule has 9 heteroatoms. The first-order chi connectivity index (χ1) is 13.3. The van der Waals surface area contributed by atoms with Crippen molar-refractivity contribution in [2.24, 2.45) is 0 Å². The Bertz CT molecular complexity index is 824. The highest BCUT2D eigenvalue weighted by molar-refractivity contribution is 6.31. The fraction of sp³-hybridized carbons (Fsp3) is 0.368. The Kier molecular flexibility index (Phi) is 6.28. The van der Waals surface area contributed by atoms with Crippen molar-refractivity contribution in [3.8, 4) is 11.5 Å². The van der Waals surface area contributed by atoms with Crippen LogP contribution in [0.3, 0.4) is 0 Å². The summed E-state index contributed by atoms with van der Waals surface area (Å²) in [5, 5.41) is 0.426. The van der Waals surface area contributed by atoms with Crippen molar-refractivity contribution < 1.29 is 27.4 Å². The Morgan fingerprint density at radius 1 is 1.25 bits per heavy atom. The van der Waals surface area contributed by atoms with Crippen LogP contribution in [0.2, 0.25) is 5.02 Å². The second-order valence-electron chi connectivity index (χ2n) is 6.32. The Balaban J connectivity index is 1.47. The van der Waals surface area contributed by atoms with E-state index in [1.807, 2.05) is 0 Å². The average Bonchev–Trinajstić information content (AvgIpc) is 2.68. The number of amides is 1. The number of carbonyl (C=O) groups is 1. The molecule has 0 aliphatic carbocycles. The summed E-state index contributed by atoms with van der Waals surface area (Å²) in [5.74, 6) is 0.279. The van der Waals surface area contributed by atoms with Crippen molar-refractivity contribution in [1.82, 2.24) is 9.88 Å². The third-order valence-electron chi connectivity index (χ3n) is 4.35. The molecule has 2 heterocycles. The van der Waals surface area contributed by atoms with Gasteiger partial charge in [-0.2, -0.15) is 13.2 Å². The van der Waals surface area contributed by atoms with E-state index < -0.39 is 11.7 Å². The second-order valence-corrected chi connectivity index (χ2v) is 6.73.